The second kappa shape index (κ2) is 4.87. The van der Waals surface area contributed by atoms with E-state index in [-0.39, 0.29) is 15.9 Å². The highest BCUT2D eigenvalue weighted by Gasteiger charge is 2.22. The van der Waals surface area contributed by atoms with E-state index in [1.54, 1.807) is 6.92 Å². The quantitative estimate of drug-likeness (QED) is 0.858. The zero-order chi connectivity index (χ0) is 13.3. The molecule has 0 spiro atoms. The van der Waals surface area contributed by atoms with Crippen LogP contribution in [0.5, 0.6) is 0 Å². The summed E-state index contributed by atoms with van der Waals surface area (Å²) >= 11 is 8.89. The SMILES string of the molecule is Cc1noc(NS(=O)(=O)c2cccnc2Cl)c1Br. The van der Waals surface area contributed by atoms with Gasteiger partial charge in [-0.2, -0.15) is 0 Å². The van der Waals surface area contributed by atoms with Crippen molar-refractivity contribution in [3.05, 3.63) is 33.6 Å². The maximum atomic E-state index is 12.0. The zero-order valence-electron chi connectivity index (χ0n) is 9.02. The molecule has 0 saturated carbocycles. The third-order valence-electron chi connectivity index (χ3n) is 2.03. The van der Waals surface area contributed by atoms with Gasteiger partial charge in [0, 0.05) is 6.20 Å². The van der Waals surface area contributed by atoms with Crippen molar-refractivity contribution in [3.8, 4) is 0 Å². The average Bonchev–Trinajstić information content (AvgIpc) is 2.61. The molecular formula is C9H7BrClN3O3S. The first-order valence-electron chi connectivity index (χ1n) is 4.67. The van der Waals surface area contributed by atoms with Crippen molar-refractivity contribution in [2.75, 3.05) is 4.72 Å². The molecule has 0 fully saturated rings. The Morgan fingerprint density at radius 1 is 1.50 bits per heavy atom. The molecule has 9 heteroatoms. The van der Waals surface area contributed by atoms with Crippen LogP contribution in [0.2, 0.25) is 5.15 Å². The van der Waals surface area contributed by atoms with E-state index in [9.17, 15) is 8.42 Å². The van der Waals surface area contributed by atoms with Crippen molar-refractivity contribution >= 4 is 43.4 Å². The number of rotatable bonds is 3. The number of nitrogens with zero attached hydrogens (tertiary/aromatic N) is 2. The Kier molecular flexibility index (Phi) is 3.60. The molecule has 0 atom stereocenters. The third kappa shape index (κ3) is 2.50. The maximum Gasteiger partial charge on any atom is 0.267 e. The molecule has 2 aromatic heterocycles. The monoisotopic (exact) mass is 351 g/mol. The molecule has 0 radical (unpaired) electrons. The van der Waals surface area contributed by atoms with Gasteiger partial charge in [-0.3, -0.25) is 0 Å². The molecule has 0 aliphatic rings. The van der Waals surface area contributed by atoms with Crippen LogP contribution in [0.3, 0.4) is 0 Å². The molecule has 96 valence electrons. The van der Waals surface area contributed by atoms with E-state index >= 15 is 0 Å². The molecule has 0 saturated heterocycles. The number of aromatic nitrogens is 2. The number of sulfonamides is 1. The molecule has 0 aromatic carbocycles. The average molecular weight is 353 g/mol. The third-order valence-corrected chi connectivity index (χ3v) is 4.74. The first kappa shape index (κ1) is 13.3. The summed E-state index contributed by atoms with van der Waals surface area (Å²) in [5.74, 6) is -0.00702. The lowest BCUT2D eigenvalue weighted by atomic mass is 10.5. The first-order chi connectivity index (χ1) is 8.42. The molecule has 1 N–H and O–H groups in total. The van der Waals surface area contributed by atoms with Gasteiger partial charge in [0.2, 0.25) is 0 Å². The fourth-order valence-electron chi connectivity index (χ4n) is 1.17. The smallest absolute Gasteiger partial charge is 0.267 e. The maximum absolute atomic E-state index is 12.0. The zero-order valence-corrected chi connectivity index (χ0v) is 12.2. The molecule has 0 aliphatic carbocycles. The van der Waals surface area contributed by atoms with Crippen molar-refractivity contribution in [2.45, 2.75) is 11.8 Å². The molecular weight excluding hydrogens is 346 g/mol. The predicted molar refractivity (Wildman–Crippen MR) is 69.0 cm³/mol. The Morgan fingerprint density at radius 3 is 2.78 bits per heavy atom. The highest BCUT2D eigenvalue weighted by molar-refractivity contribution is 9.10. The number of anilines is 1. The van der Waals surface area contributed by atoms with Gasteiger partial charge in [0.15, 0.2) is 0 Å². The minimum atomic E-state index is -3.86. The topological polar surface area (TPSA) is 85.1 Å². The Balaban J connectivity index is 2.40. The van der Waals surface area contributed by atoms with Crippen LogP contribution in [0.25, 0.3) is 0 Å². The summed E-state index contributed by atoms with van der Waals surface area (Å²) in [5.41, 5.74) is 0.532. The van der Waals surface area contributed by atoms with Crippen LogP contribution in [0, 0.1) is 6.92 Å². The Bertz CT molecular complexity index is 686. The first-order valence-corrected chi connectivity index (χ1v) is 7.32. The van der Waals surface area contributed by atoms with Gasteiger partial charge in [-0.05, 0) is 35.0 Å². The minimum Gasteiger partial charge on any atom is -0.336 e. The molecule has 2 heterocycles. The van der Waals surface area contributed by atoms with Crippen LogP contribution in [0.1, 0.15) is 5.69 Å². The van der Waals surface area contributed by atoms with Crippen molar-refractivity contribution in [3.63, 3.8) is 0 Å². The molecule has 0 bridgehead atoms. The summed E-state index contributed by atoms with van der Waals surface area (Å²) in [6.07, 6.45) is 1.40. The molecule has 0 unspecified atom stereocenters. The molecule has 2 rings (SSSR count). The number of aryl methyl sites for hydroxylation is 1. The van der Waals surface area contributed by atoms with Crippen molar-refractivity contribution in [1.29, 1.82) is 0 Å². The lowest BCUT2D eigenvalue weighted by molar-refractivity contribution is 0.430. The molecule has 0 aliphatic heterocycles. The van der Waals surface area contributed by atoms with Gasteiger partial charge in [0.25, 0.3) is 15.9 Å². The number of hydrogen-bond donors (Lipinski definition) is 1. The number of nitrogens with one attached hydrogen (secondary N) is 1. The van der Waals surface area contributed by atoms with Crippen LogP contribution < -0.4 is 4.72 Å². The van der Waals surface area contributed by atoms with Crippen LogP contribution in [-0.4, -0.2) is 18.6 Å². The van der Waals surface area contributed by atoms with Gasteiger partial charge in [-0.15, -0.1) is 0 Å². The van der Waals surface area contributed by atoms with E-state index < -0.39 is 10.0 Å². The van der Waals surface area contributed by atoms with Gasteiger partial charge in [0.05, 0.1) is 5.69 Å². The Labute approximate surface area is 117 Å². The van der Waals surface area contributed by atoms with E-state index in [1.165, 1.54) is 18.3 Å². The second-order valence-electron chi connectivity index (χ2n) is 3.31. The van der Waals surface area contributed by atoms with Crippen LogP contribution >= 0.6 is 27.5 Å². The number of hydrogen-bond acceptors (Lipinski definition) is 5. The second-order valence-corrected chi connectivity index (χ2v) is 6.11. The summed E-state index contributed by atoms with van der Waals surface area (Å²) in [4.78, 5) is 3.57. The normalized spacial score (nSPS) is 11.5. The minimum absolute atomic E-state index is 0.00702. The van der Waals surface area contributed by atoms with Gasteiger partial charge in [-0.1, -0.05) is 16.8 Å². The molecule has 2 aromatic rings. The Hall–Kier alpha value is -1.12. The summed E-state index contributed by atoms with van der Waals surface area (Å²) < 4.78 is 31.6. The van der Waals surface area contributed by atoms with Gasteiger partial charge in [0.1, 0.15) is 14.5 Å². The summed E-state index contributed by atoms with van der Waals surface area (Å²) in [6, 6.07) is 2.82. The molecule has 18 heavy (non-hydrogen) atoms. The van der Waals surface area contributed by atoms with Crippen LogP contribution in [0.15, 0.2) is 32.2 Å². The Morgan fingerprint density at radius 2 is 2.22 bits per heavy atom. The van der Waals surface area contributed by atoms with E-state index in [4.69, 9.17) is 16.1 Å². The summed E-state index contributed by atoms with van der Waals surface area (Å²) in [6.45, 7) is 1.67. The summed E-state index contributed by atoms with van der Waals surface area (Å²) in [5, 5.41) is 3.51. The fraction of sp³-hybridized carbons (Fsp3) is 0.111. The van der Waals surface area contributed by atoms with Gasteiger partial charge in [-0.25, -0.2) is 18.1 Å². The van der Waals surface area contributed by atoms with E-state index in [2.05, 4.69) is 30.8 Å². The van der Waals surface area contributed by atoms with E-state index in [0.29, 0.717) is 10.2 Å². The highest BCUT2D eigenvalue weighted by atomic mass is 79.9. The lowest BCUT2D eigenvalue weighted by Crippen LogP contribution is -2.13. The number of halogens is 2. The van der Waals surface area contributed by atoms with Crippen molar-refractivity contribution in [2.24, 2.45) is 0 Å². The van der Waals surface area contributed by atoms with E-state index in [0.717, 1.165) is 0 Å². The fourth-order valence-corrected chi connectivity index (χ4v) is 3.00. The van der Waals surface area contributed by atoms with Crippen LogP contribution in [-0.2, 0) is 10.0 Å². The standard InChI is InChI=1S/C9H7BrClN3O3S/c1-5-7(10)9(17-13-5)14-18(15,16)6-3-2-4-12-8(6)11/h2-4,14H,1H3. The van der Waals surface area contributed by atoms with Crippen molar-refractivity contribution < 1.29 is 12.9 Å². The largest absolute Gasteiger partial charge is 0.336 e. The highest BCUT2D eigenvalue weighted by Crippen LogP contribution is 2.28. The summed E-state index contributed by atoms with van der Waals surface area (Å²) in [7, 11) is -3.86. The van der Waals surface area contributed by atoms with Gasteiger partial charge >= 0.3 is 0 Å². The predicted octanol–water partition coefficient (Wildman–Crippen LogP) is 2.59. The van der Waals surface area contributed by atoms with Crippen molar-refractivity contribution in [1.82, 2.24) is 10.1 Å². The molecule has 0 amide bonds. The van der Waals surface area contributed by atoms with E-state index in [1.807, 2.05) is 0 Å². The molecule has 6 nitrogen and oxygen atoms in total. The van der Waals surface area contributed by atoms with Gasteiger partial charge < -0.3 is 4.52 Å². The lowest BCUT2D eigenvalue weighted by Gasteiger charge is -2.05. The van der Waals surface area contributed by atoms with Crippen LogP contribution in [0.4, 0.5) is 5.88 Å². The number of pyridine rings is 1.